The van der Waals surface area contributed by atoms with Gasteiger partial charge in [-0.3, -0.25) is 9.36 Å². The fourth-order valence-electron chi connectivity index (χ4n) is 5.16. The van der Waals surface area contributed by atoms with Gasteiger partial charge in [0.2, 0.25) is 0 Å². The Kier molecular flexibility index (Phi) is 6.34. The summed E-state index contributed by atoms with van der Waals surface area (Å²) in [6.07, 6.45) is 3.71. The third-order valence-corrected chi connectivity index (χ3v) is 8.44. The predicted molar refractivity (Wildman–Crippen MR) is 151 cm³/mol. The lowest BCUT2D eigenvalue weighted by Gasteiger charge is -2.31. The van der Waals surface area contributed by atoms with Gasteiger partial charge in [-0.15, -0.1) is 0 Å². The first-order valence-corrected chi connectivity index (χ1v) is 13.9. The normalized spacial score (nSPS) is 16.5. The summed E-state index contributed by atoms with van der Waals surface area (Å²) < 4.78 is 14.5. The molecule has 0 bridgehead atoms. The number of hydrogen-bond donors (Lipinski definition) is 0. The monoisotopic (exact) mass is 572 g/mol. The Bertz CT molecular complexity index is 1730. The van der Waals surface area contributed by atoms with E-state index >= 15 is 0 Å². The molecular weight excluding hydrogens is 548 g/mol. The summed E-state index contributed by atoms with van der Waals surface area (Å²) in [5.41, 5.74) is 6.54. The molecule has 2 aliphatic rings. The molecule has 3 aromatic carbocycles. The first kappa shape index (κ1) is 23.9. The van der Waals surface area contributed by atoms with E-state index in [0.717, 1.165) is 51.2 Å². The number of nitrogens with zero attached hydrogens (tertiary/aromatic N) is 2. The first-order valence-electron chi connectivity index (χ1n) is 12.3. The third-order valence-electron chi connectivity index (χ3n) is 6.84. The minimum absolute atomic E-state index is 0.0352. The molecule has 1 unspecified atom stereocenters. The van der Waals surface area contributed by atoms with Crippen LogP contribution in [0.1, 0.15) is 41.6 Å². The van der Waals surface area contributed by atoms with E-state index in [1.807, 2.05) is 54.0 Å². The number of aryl methyl sites for hydroxylation is 1. The molecule has 1 aliphatic heterocycles. The molecule has 0 N–H and O–H groups in total. The Labute approximate surface area is 227 Å². The van der Waals surface area contributed by atoms with Crippen LogP contribution in [0, 0.1) is 0 Å². The Morgan fingerprint density at radius 2 is 1.97 bits per heavy atom. The van der Waals surface area contributed by atoms with Crippen LogP contribution in [0.25, 0.3) is 11.8 Å². The molecule has 0 spiro atoms. The summed E-state index contributed by atoms with van der Waals surface area (Å²) in [6, 6.07) is 22.1. The number of aromatic nitrogens is 1. The van der Waals surface area contributed by atoms with Crippen molar-refractivity contribution in [2.24, 2.45) is 4.99 Å². The van der Waals surface area contributed by atoms with Crippen molar-refractivity contribution in [3.8, 4) is 11.5 Å². The van der Waals surface area contributed by atoms with Crippen LogP contribution in [0.3, 0.4) is 0 Å². The van der Waals surface area contributed by atoms with Crippen molar-refractivity contribution in [3.63, 3.8) is 0 Å². The van der Waals surface area contributed by atoms with Crippen LogP contribution >= 0.6 is 27.3 Å². The summed E-state index contributed by atoms with van der Waals surface area (Å²) in [7, 11) is 1.67. The molecule has 1 aliphatic carbocycles. The van der Waals surface area contributed by atoms with Crippen molar-refractivity contribution >= 4 is 39.0 Å². The number of hydrogen-bond acceptors (Lipinski definition) is 5. The summed E-state index contributed by atoms with van der Waals surface area (Å²) >= 11 is 5.02. The van der Waals surface area contributed by atoms with Crippen molar-refractivity contribution in [3.05, 3.63) is 119 Å². The van der Waals surface area contributed by atoms with Gasteiger partial charge in [-0.1, -0.05) is 53.8 Å². The largest absolute Gasteiger partial charge is 0.497 e. The second kappa shape index (κ2) is 9.80. The molecule has 5 nitrogen and oxygen atoms in total. The zero-order valence-corrected chi connectivity index (χ0v) is 22.9. The maximum absolute atomic E-state index is 13.9. The average Bonchev–Trinajstić information content (AvgIpc) is 3.23. The van der Waals surface area contributed by atoms with Crippen LogP contribution in [0.2, 0.25) is 0 Å². The molecule has 0 radical (unpaired) electrons. The molecule has 0 saturated heterocycles. The van der Waals surface area contributed by atoms with Crippen molar-refractivity contribution in [1.29, 1.82) is 0 Å². The third kappa shape index (κ3) is 4.26. The van der Waals surface area contributed by atoms with Gasteiger partial charge in [0.1, 0.15) is 11.5 Å². The van der Waals surface area contributed by atoms with E-state index in [2.05, 4.69) is 46.3 Å². The summed E-state index contributed by atoms with van der Waals surface area (Å²) in [5, 5.41) is 0. The van der Waals surface area contributed by atoms with Crippen LogP contribution in [0.5, 0.6) is 11.5 Å². The Hall–Kier alpha value is -3.42. The minimum atomic E-state index is -0.232. The van der Waals surface area contributed by atoms with Gasteiger partial charge in [-0.25, -0.2) is 4.99 Å². The predicted octanol–water partition coefficient (Wildman–Crippen LogP) is 5.49. The lowest BCUT2D eigenvalue weighted by molar-refractivity contribution is 0.338. The van der Waals surface area contributed by atoms with Gasteiger partial charge in [0, 0.05) is 5.56 Å². The quantitative estimate of drug-likeness (QED) is 0.318. The maximum atomic E-state index is 13.9. The Morgan fingerprint density at radius 1 is 1.11 bits per heavy atom. The van der Waals surface area contributed by atoms with E-state index in [9.17, 15) is 4.79 Å². The molecule has 0 amide bonds. The zero-order chi connectivity index (χ0) is 25.5. The highest BCUT2D eigenvalue weighted by atomic mass is 79.9. The molecule has 186 valence electrons. The fraction of sp³-hybridized carbons (Fsp3) is 0.200. The van der Waals surface area contributed by atoms with E-state index < -0.39 is 0 Å². The molecule has 1 aromatic heterocycles. The number of fused-ring (bicyclic) bond motifs is 3. The number of benzene rings is 3. The zero-order valence-electron chi connectivity index (χ0n) is 20.5. The van der Waals surface area contributed by atoms with Gasteiger partial charge in [0.15, 0.2) is 4.80 Å². The molecule has 6 rings (SSSR count). The van der Waals surface area contributed by atoms with E-state index in [1.54, 1.807) is 7.11 Å². The van der Waals surface area contributed by atoms with E-state index in [1.165, 1.54) is 22.5 Å². The summed E-state index contributed by atoms with van der Waals surface area (Å²) in [6.45, 7) is 2.55. The maximum Gasteiger partial charge on any atom is 0.271 e. The van der Waals surface area contributed by atoms with Crippen LogP contribution in [-0.2, 0) is 6.42 Å². The Balaban J connectivity index is 1.57. The second-order valence-corrected chi connectivity index (χ2v) is 10.9. The standard InChI is InChI=1S/C30H25BrN2O3S/c1-3-36-25-14-11-18(15-24(25)31)16-26-29(34)33-28(20-8-6-9-21(17-20)35-2)23-13-12-19-7-4-5-10-22(19)27(23)32-30(33)37-26/h4-11,14-17,28H,3,12-13H2,1-2H3. The smallest absolute Gasteiger partial charge is 0.271 e. The number of rotatable bonds is 5. The molecule has 0 fully saturated rings. The van der Waals surface area contributed by atoms with Crippen molar-refractivity contribution in [2.75, 3.05) is 13.7 Å². The minimum Gasteiger partial charge on any atom is -0.497 e. The van der Waals surface area contributed by atoms with Gasteiger partial charge in [0.25, 0.3) is 5.56 Å². The number of methoxy groups -OCH3 is 1. The van der Waals surface area contributed by atoms with Crippen LogP contribution in [-0.4, -0.2) is 18.3 Å². The first-order chi connectivity index (χ1) is 18.1. The average molecular weight is 574 g/mol. The van der Waals surface area contributed by atoms with Gasteiger partial charge in [-0.05, 0) is 88.3 Å². The molecule has 2 heterocycles. The van der Waals surface area contributed by atoms with Crippen LogP contribution in [0.15, 0.2) is 86.6 Å². The second-order valence-electron chi connectivity index (χ2n) is 9.01. The molecular formula is C30H25BrN2O3S. The SMILES string of the molecule is CCOc1ccc(C=c2sc3n(c2=O)C(c2cccc(OC)c2)C2=C(N=3)c3ccccc3CC2)cc1Br. The molecule has 37 heavy (non-hydrogen) atoms. The lowest BCUT2D eigenvalue weighted by Crippen LogP contribution is -2.38. The van der Waals surface area contributed by atoms with Gasteiger partial charge < -0.3 is 9.47 Å². The van der Waals surface area contributed by atoms with Crippen molar-refractivity contribution in [2.45, 2.75) is 25.8 Å². The van der Waals surface area contributed by atoms with E-state index in [-0.39, 0.29) is 11.6 Å². The summed E-state index contributed by atoms with van der Waals surface area (Å²) in [4.78, 5) is 19.7. The fourth-order valence-corrected chi connectivity index (χ4v) is 6.68. The number of halogens is 1. The highest BCUT2D eigenvalue weighted by Crippen LogP contribution is 2.41. The molecule has 1 atom stereocenters. The highest BCUT2D eigenvalue weighted by molar-refractivity contribution is 9.10. The molecule has 0 saturated carbocycles. The van der Waals surface area contributed by atoms with Gasteiger partial charge >= 0.3 is 0 Å². The van der Waals surface area contributed by atoms with Crippen molar-refractivity contribution in [1.82, 2.24) is 4.57 Å². The Morgan fingerprint density at radius 3 is 2.78 bits per heavy atom. The van der Waals surface area contributed by atoms with Crippen molar-refractivity contribution < 1.29 is 9.47 Å². The van der Waals surface area contributed by atoms with Gasteiger partial charge in [0.05, 0.1) is 34.5 Å². The van der Waals surface area contributed by atoms with E-state index in [4.69, 9.17) is 14.5 Å². The number of thiazole rings is 1. The van der Waals surface area contributed by atoms with E-state index in [0.29, 0.717) is 15.9 Å². The summed E-state index contributed by atoms with van der Waals surface area (Å²) in [5.74, 6) is 1.56. The van der Waals surface area contributed by atoms with Crippen LogP contribution in [0.4, 0.5) is 0 Å². The molecule has 7 heteroatoms. The highest BCUT2D eigenvalue weighted by Gasteiger charge is 2.32. The lowest BCUT2D eigenvalue weighted by atomic mass is 9.83. The molecule has 4 aromatic rings. The number of ether oxygens (including phenoxy) is 2. The van der Waals surface area contributed by atoms with Crippen LogP contribution < -0.4 is 24.4 Å². The number of allylic oxidation sites excluding steroid dienone is 1. The van der Waals surface area contributed by atoms with Gasteiger partial charge in [-0.2, -0.15) is 0 Å². The topological polar surface area (TPSA) is 52.8 Å².